The lowest BCUT2D eigenvalue weighted by atomic mass is 10.0. The Morgan fingerprint density at radius 2 is 0.435 bits per heavy atom. The molecule has 0 aromatic rings. The maximum Gasteiger partial charge on any atom is 0.472 e. The molecule has 0 rings (SSSR count). The van der Waals surface area contributed by atoms with E-state index in [9.17, 15) is 43.5 Å². The summed E-state index contributed by atoms with van der Waals surface area (Å²) in [5, 5.41) is 20.7. The van der Waals surface area contributed by atoms with Gasteiger partial charge in [-0.15, -0.1) is 0 Å². The summed E-state index contributed by atoms with van der Waals surface area (Å²) in [6, 6.07) is 0. The van der Waals surface area contributed by atoms with E-state index in [4.69, 9.17) is 32.3 Å². The van der Waals surface area contributed by atoms with Crippen molar-refractivity contribution < 1.29 is 75.8 Å². The lowest BCUT2D eigenvalue weighted by Gasteiger charge is -2.21. The van der Waals surface area contributed by atoms with Crippen LogP contribution in [0, 0.1) is 0 Å². The minimum atomic E-state index is -4.96. The van der Waals surface area contributed by atoms with E-state index >= 15 is 0 Å². The molecule has 0 heterocycles. The van der Waals surface area contributed by atoms with Gasteiger partial charge in [0.25, 0.3) is 0 Å². The van der Waals surface area contributed by atoms with Crippen LogP contribution in [0.25, 0.3) is 0 Å². The molecule has 0 amide bonds. The van der Waals surface area contributed by atoms with Crippen molar-refractivity contribution in [1.29, 1.82) is 0 Å². The van der Waals surface area contributed by atoms with Gasteiger partial charge in [0.05, 0.1) is 26.4 Å². The molecule has 16 nitrogen and oxygen atoms in total. The summed E-state index contributed by atoms with van der Waals surface area (Å²) in [5.41, 5.74) is 0. The molecule has 0 spiro atoms. The molecular formula is C97H158O16P2. The molecule has 0 aromatic heterocycles. The summed E-state index contributed by atoms with van der Waals surface area (Å²) in [7, 11) is -9.83. The maximum absolute atomic E-state index is 13.1. The number of hydrogen-bond acceptors (Lipinski definition) is 14. The first-order valence-electron chi connectivity index (χ1n) is 44.4. The van der Waals surface area contributed by atoms with Gasteiger partial charge in [0.1, 0.15) is 25.4 Å². The average molecular weight is 1640 g/mol. The number of phosphoric acid groups is 2. The molecule has 5 atom stereocenters. The molecule has 5 unspecified atom stereocenters. The largest absolute Gasteiger partial charge is 0.472 e. The average Bonchev–Trinajstić information content (AvgIpc) is 0.908. The second-order valence-corrected chi connectivity index (χ2v) is 31.8. The lowest BCUT2D eigenvalue weighted by molar-refractivity contribution is -0.161. The van der Waals surface area contributed by atoms with Crippen molar-refractivity contribution in [3.8, 4) is 0 Å². The van der Waals surface area contributed by atoms with Gasteiger partial charge in [0, 0.05) is 19.3 Å². The van der Waals surface area contributed by atoms with Gasteiger partial charge in [0.15, 0.2) is 6.10 Å². The molecule has 0 aliphatic rings. The van der Waals surface area contributed by atoms with Crippen LogP contribution in [0.15, 0.2) is 207 Å². The number of hydrogen-bond donors (Lipinski definition) is 4. The Kier molecular flexibility index (Phi) is 83.0. The van der Waals surface area contributed by atoms with Crippen LogP contribution < -0.4 is 0 Å². The maximum atomic E-state index is 13.1. The van der Waals surface area contributed by atoms with Crippen LogP contribution in [0.5, 0.6) is 0 Å². The summed E-state index contributed by atoms with van der Waals surface area (Å²) in [6.45, 7) is 2.32. The van der Waals surface area contributed by atoms with Gasteiger partial charge >= 0.3 is 33.6 Å². The van der Waals surface area contributed by atoms with E-state index < -0.39 is 91.5 Å². The smallest absolute Gasteiger partial charge is 0.463 e. The van der Waals surface area contributed by atoms with Crippen molar-refractivity contribution in [3.63, 3.8) is 0 Å². The molecular weight excluding hydrogens is 1480 g/mol. The van der Waals surface area contributed by atoms with Crippen LogP contribution in [-0.2, 0) is 55.8 Å². The minimum Gasteiger partial charge on any atom is -0.463 e. The number of aliphatic hydroxyl groups excluding tert-OH is 2. The molecule has 18 heteroatoms. The third-order valence-corrected chi connectivity index (χ3v) is 19.9. The third kappa shape index (κ3) is 88.8. The highest BCUT2D eigenvalue weighted by Gasteiger charge is 2.29. The summed E-state index contributed by atoms with van der Waals surface area (Å²) in [6.07, 6.45) is 117. The summed E-state index contributed by atoms with van der Waals surface area (Å²) in [4.78, 5) is 59.0. The predicted octanol–water partition coefficient (Wildman–Crippen LogP) is 27.2. The second-order valence-electron chi connectivity index (χ2n) is 28.9. The highest BCUT2D eigenvalue weighted by Crippen LogP contribution is 2.45. The zero-order valence-corrected chi connectivity index (χ0v) is 73.4. The fraction of sp³-hybridized carbons (Fsp3) is 0.619. The van der Waals surface area contributed by atoms with Crippen molar-refractivity contribution in [1.82, 2.24) is 0 Å². The van der Waals surface area contributed by atoms with Gasteiger partial charge in [-0.2, -0.15) is 0 Å². The van der Waals surface area contributed by atoms with E-state index in [2.05, 4.69) is 227 Å². The van der Waals surface area contributed by atoms with Gasteiger partial charge in [0.2, 0.25) is 0 Å². The van der Waals surface area contributed by atoms with Crippen LogP contribution >= 0.6 is 15.6 Å². The van der Waals surface area contributed by atoms with E-state index in [1.165, 1.54) is 57.8 Å². The molecule has 4 N–H and O–H groups in total. The number of rotatable bonds is 82. The Bertz CT molecular complexity index is 2920. The molecule has 652 valence electrons. The quantitative estimate of drug-likeness (QED) is 0.0146. The number of aliphatic hydroxyl groups is 2. The molecule has 0 radical (unpaired) electrons. The normalized spacial score (nSPS) is 14.8. The van der Waals surface area contributed by atoms with Crippen molar-refractivity contribution in [2.24, 2.45) is 0 Å². The van der Waals surface area contributed by atoms with Crippen molar-refractivity contribution in [2.45, 2.75) is 347 Å². The highest BCUT2D eigenvalue weighted by molar-refractivity contribution is 7.47. The van der Waals surface area contributed by atoms with Gasteiger partial charge in [-0.1, -0.05) is 349 Å². The molecule has 0 aliphatic heterocycles. The van der Waals surface area contributed by atoms with Crippen LogP contribution in [0.4, 0.5) is 0 Å². The summed E-state index contributed by atoms with van der Waals surface area (Å²) in [5.74, 6) is -1.61. The molecule has 0 aliphatic carbocycles. The zero-order valence-electron chi connectivity index (χ0n) is 71.6. The lowest BCUT2D eigenvalue weighted by Crippen LogP contribution is -2.30. The fourth-order valence-corrected chi connectivity index (χ4v) is 13.0. The van der Waals surface area contributed by atoms with Crippen LogP contribution in [0.2, 0.25) is 0 Å². The van der Waals surface area contributed by atoms with Crippen LogP contribution in [0.1, 0.15) is 329 Å². The van der Waals surface area contributed by atoms with E-state index in [-0.39, 0.29) is 19.3 Å². The number of phosphoric ester groups is 2. The number of allylic oxidation sites excluding steroid dienone is 34. The van der Waals surface area contributed by atoms with Gasteiger partial charge in [-0.25, -0.2) is 9.13 Å². The monoisotopic (exact) mass is 1640 g/mol. The minimum absolute atomic E-state index is 0.0785. The Labute approximate surface area is 699 Å². The van der Waals surface area contributed by atoms with Crippen LogP contribution in [0.3, 0.4) is 0 Å². The molecule has 0 saturated carbocycles. The molecule has 115 heavy (non-hydrogen) atoms. The Balaban J connectivity index is 4.73. The first kappa shape index (κ1) is 109. The number of ether oxygens (including phenoxy) is 3. The number of unbranched alkanes of at least 4 members (excludes halogenated alkanes) is 25. The number of esters is 3. The topological polar surface area (TPSA) is 231 Å². The highest BCUT2D eigenvalue weighted by atomic mass is 31.2. The Morgan fingerprint density at radius 3 is 0.687 bits per heavy atom. The molecule has 0 fully saturated rings. The summed E-state index contributed by atoms with van der Waals surface area (Å²) < 4.78 is 61.4. The predicted molar refractivity (Wildman–Crippen MR) is 481 cm³/mol. The standard InChI is InChI=1S/C97H158O16P2/c1-4-7-10-13-16-19-22-25-28-31-34-37-40-43-45-48-50-53-56-59-62-65-68-71-74-77-80-83-95(100)107-86-92(98)87-109-114(103,104)110-88-93(99)89-111-115(105,106)112-91-94(113-97(102)85-82-79-76-73-70-67-64-61-58-55-52-47-42-39-36-33-30-27-24-21-18-15-12-9-6-3)90-108-96(101)84-81-78-75-72-69-66-63-60-57-54-51-49-46-44-41-38-35-32-29-26-23-20-17-14-11-8-5-2/h7-12,16-21,25-30,34-39,43-47,50,52-53,58,61,92-94,98-99H,4-6,13-15,22-24,31-33,40-42,48-49,51,54-57,59-60,62-91H2,1-3H3,(H,103,104)(H,105,106)/b10-7-,11-8-,12-9-,19-16-,20-17-,21-18-,28-25-,29-26-,30-27-,37-34-,38-35-,39-36-,45-43-,46-44-,52-47-,53-50-,61-58-. The van der Waals surface area contributed by atoms with Crippen molar-refractivity contribution in [2.75, 3.05) is 39.6 Å². The van der Waals surface area contributed by atoms with Gasteiger partial charge in [-0.3, -0.25) is 32.5 Å². The molecule has 0 aromatic carbocycles. The Hall–Kier alpha value is -5.87. The Morgan fingerprint density at radius 1 is 0.243 bits per heavy atom. The van der Waals surface area contributed by atoms with Crippen molar-refractivity contribution in [3.05, 3.63) is 207 Å². The fourth-order valence-electron chi connectivity index (χ4n) is 11.4. The third-order valence-electron chi connectivity index (χ3n) is 18.0. The second kappa shape index (κ2) is 87.4. The number of carbonyl (C=O) groups is 3. The van der Waals surface area contributed by atoms with Gasteiger partial charge < -0.3 is 34.2 Å². The first-order chi connectivity index (χ1) is 56.2. The zero-order chi connectivity index (χ0) is 83.6. The SMILES string of the molecule is CC/C=C\C/C=C\C/C=C\C/C=C\C/C=C\C/C=C\CCCCCCCCCCC(=O)OCC(O)COP(=O)(O)OCC(O)COP(=O)(O)OCC(COC(=O)CCCCCCCCCCCCC/C=C\C/C=C\C/C=C\C/C=C\C/C=C\CC)OC(=O)CCCCCCCC/C=C\C/C=C\C/C=C\C/C=C\C/C=C\C/C=C\CC. The molecule has 0 saturated heterocycles. The molecule has 0 bridgehead atoms. The van der Waals surface area contributed by atoms with Crippen molar-refractivity contribution >= 4 is 33.6 Å². The van der Waals surface area contributed by atoms with E-state index in [0.29, 0.717) is 19.3 Å². The van der Waals surface area contributed by atoms with E-state index in [0.717, 1.165) is 212 Å². The van der Waals surface area contributed by atoms with Gasteiger partial charge in [-0.05, 0) is 167 Å². The number of carbonyl (C=O) groups excluding carboxylic acids is 3. The van der Waals surface area contributed by atoms with Crippen LogP contribution in [-0.4, -0.2) is 95.9 Å². The van der Waals surface area contributed by atoms with E-state index in [1.54, 1.807) is 0 Å². The summed E-state index contributed by atoms with van der Waals surface area (Å²) >= 11 is 0. The first-order valence-corrected chi connectivity index (χ1v) is 47.4. The van der Waals surface area contributed by atoms with E-state index in [1.807, 2.05) is 0 Å².